The van der Waals surface area contributed by atoms with Gasteiger partial charge in [-0.1, -0.05) is 0 Å². The number of rotatable bonds is 10. The summed E-state index contributed by atoms with van der Waals surface area (Å²) >= 11 is 5.90. The van der Waals surface area contributed by atoms with Crippen molar-refractivity contribution in [3.05, 3.63) is 0 Å². The molecule has 5 fully saturated rings. The topological polar surface area (TPSA) is 112 Å². The summed E-state index contributed by atoms with van der Waals surface area (Å²) < 4.78 is 25.1. The number of carbonyl (C=O) groups excluding carboxylic acids is 2. The normalized spacial score (nSPS) is 39.0. The van der Waals surface area contributed by atoms with Crippen LogP contribution in [0.5, 0.6) is 0 Å². The Morgan fingerprint density at radius 2 is 1.74 bits per heavy atom. The van der Waals surface area contributed by atoms with E-state index in [1.165, 1.54) is 0 Å². The van der Waals surface area contributed by atoms with E-state index in [1.807, 2.05) is 0 Å². The van der Waals surface area contributed by atoms with Crippen molar-refractivity contribution in [2.24, 2.45) is 5.92 Å². The van der Waals surface area contributed by atoms with Crippen LogP contribution in [0.3, 0.4) is 0 Å². The average Bonchev–Trinajstić information content (AvgIpc) is 3.32. The maximum atomic E-state index is 13.7. The summed E-state index contributed by atoms with van der Waals surface area (Å²) in [6, 6.07) is 2.19. The molecule has 0 spiro atoms. The van der Waals surface area contributed by atoms with Crippen LogP contribution in [0.2, 0.25) is 0 Å². The number of nitrogens with one attached hydrogen (secondary N) is 3. The van der Waals surface area contributed by atoms with Crippen molar-refractivity contribution in [1.29, 1.82) is 5.26 Å². The van der Waals surface area contributed by atoms with Gasteiger partial charge < -0.3 is 20.1 Å². The highest BCUT2D eigenvalue weighted by Gasteiger charge is 2.62. The van der Waals surface area contributed by atoms with Gasteiger partial charge in [0.05, 0.1) is 17.6 Å². The Morgan fingerprint density at radius 1 is 1.06 bits per heavy atom. The molecule has 34 heavy (non-hydrogen) atoms. The van der Waals surface area contributed by atoms with Gasteiger partial charge in [0.15, 0.2) is 0 Å². The van der Waals surface area contributed by atoms with E-state index < -0.39 is 11.5 Å². The number of hydrogen-bond donors (Lipinski definition) is 3. The van der Waals surface area contributed by atoms with Crippen LogP contribution in [0.15, 0.2) is 0 Å². The van der Waals surface area contributed by atoms with E-state index in [9.17, 15) is 14.0 Å². The molecule has 1 aliphatic heterocycles. The van der Waals surface area contributed by atoms with E-state index >= 15 is 0 Å². The van der Waals surface area contributed by atoms with E-state index in [2.05, 4.69) is 22.0 Å². The first-order valence-electron chi connectivity index (χ1n) is 12.5. The third-order valence-electron chi connectivity index (χ3n) is 7.89. The smallest absolute Gasteiger partial charge is 0.246 e. The summed E-state index contributed by atoms with van der Waals surface area (Å²) in [5.41, 5.74) is -0.550. The van der Waals surface area contributed by atoms with Crippen LogP contribution in [0.4, 0.5) is 4.39 Å². The highest BCUT2D eigenvalue weighted by atomic mass is 35.5. The van der Waals surface area contributed by atoms with Crippen LogP contribution in [0.25, 0.3) is 0 Å². The number of nitriles is 1. The monoisotopic (exact) mass is 498 g/mol. The Bertz CT molecular complexity index is 779. The van der Waals surface area contributed by atoms with Crippen molar-refractivity contribution in [2.75, 3.05) is 19.8 Å². The SMILES string of the molecule is N#CCCC1CCC(OCC(=O)NC23CCC(NC(=O)COC4CCC(Cl)C(F)C4)(C2)C3)NC1. The number of nitrogens with zero attached hydrogens (tertiary/aromatic N) is 1. The summed E-state index contributed by atoms with van der Waals surface area (Å²) in [5.74, 6) is 0.176. The minimum absolute atomic E-state index is 0.00952. The van der Waals surface area contributed by atoms with Crippen molar-refractivity contribution >= 4 is 23.4 Å². The molecule has 5 aliphatic rings. The average molecular weight is 499 g/mol. The van der Waals surface area contributed by atoms with Crippen LogP contribution >= 0.6 is 11.6 Å². The van der Waals surface area contributed by atoms with Crippen molar-refractivity contribution in [3.8, 4) is 6.07 Å². The van der Waals surface area contributed by atoms with Gasteiger partial charge >= 0.3 is 0 Å². The number of amides is 2. The van der Waals surface area contributed by atoms with Crippen molar-refractivity contribution in [2.45, 2.75) is 106 Å². The Kier molecular flexibility index (Phi) is 8.34. The van der Waals surface area contributed by atoms with Gasteiger partial charge in [-0.2, -0.15) is 5.26 Å². The summed E-state index contributed by atoms with van der Waals surface area (Å²) in [7, 11) is 0. The molecule has 5 atom stereocenters. The Balaban J connectivity index is 1.11. The van der Waals surface area contributed by atoms with Gasteiger partial charge in [0.1, 0.15) is 25.6 Å². The number of halogens is 2. The molecule has 5 unspecified atom stereocenters. The quantitative estimate of drug-likeness (QED) is 0.399. The van der Waals surface area contributed by atoms with Gasteiger partial charge in [-0.25, -0.2) is 4.39 Å². The molecule has 10 heteroatoms. The first kappa shape index (κ1) is 25.6. The first-order valence-corrected chi connectivity index (χ1v) is 13.0. The third kappa shape index (κ3) is 6.39. The molecule has 2 bridgehead atoms. The second kappa shape index (κ2) is 11.1. The number of piperidine rings is 1. The van der Waals surface area contributed by atoms with E-state index in [-0.39, 0.29) is 54.9 Å². The molecule has 1 saturated heterocycles. The van der Waals surface area contributed by atoms with E-state index in [1.54, 1.807) is 0 Å². The summed E-state index contributed by atoms with van der Waals surface area (Å²) in [4.78, 5) is 24.9. The number of fused-ring (bicyclic) bond motifs is 1. The van der Waals surface area contributed by atoms with Gasteiger partial charge in [0.25, 0.3) is 0 Å². The second-order valence-corrected chi connectivity index (χ2v) is 11.2. The Hall–Kier alpha value is -1.47. The molecule has 0 aromatic rings. The number of carbonyl (C=O) groups is 2. The molecule has 0 aromatic carbocycles. The van der Waals surface area contributed by atoms with Gasteiger partial charge in [0.2, 0.25) is 11.8 Å². The molecule has 5 rings (SSSR count). The van der Waals surface area contributed by atoms with Crippen LogP contribution in [-0.4, -0.2) is 66.5 Å². The molecule has 0 radical (unpaired) electrons. The van der Waals surface area contributed by atoms with Crippen LogP contribution in [0, 0.1) is 17.2 Å². The van der Waals surface area contributed by atoms with Gasteiger partial charge in [-0.05, 0) is 63.7 Å². The molecule has 3 N–H and O–H groups in total. The molecule has 4 saturated carbocycles. The van der Waals surface area contributed by atoms with Crippen LogP contribution in [-0.2, 0) is 19.1 Å². The standard InChI is InChI=1S/C24H36ClFN4O4/c25-18-5-4-17(10-19(18)26)33-12-20(31)29-23-7-8-24(14-23,15-23)30-21(32)13-34-22-6-3-16(11-28-22)2-1-9-27/h16-19,22,28H,1-8,10-15H2,(H,29,31)(H,30,32). The minimum atomic E-state index is -1.09. The lowest BCUT2D eigenvalue weighted by Crippen LogP contribution is -2.65. The zero-order valence-corrected chi connectivity index (χ0v) is 20.4. The lowest BCUT2D eigenvalue weighted by molar-refractivity contribution is -0.134. The third-order valence-corrected chi connectivity index (χ3v) is 8.38. The second-order valence-electron chi connectivity index (χ2n) is 10.6. The maximum Gasteiger partial charge on any atom is 0.246 e. The highest BCUT2D eigenvalue weighted by molar-refractivity contribution is 6.21. The molecule has 2 amide bonds. The van der Waals surface area contributed by atoms with Gasteiger partial charge in [-0.15, -0.1) is 11.6 Å². The van der Waals surface area contributed by atoms with Crippen molar-refractivity contribution in [1.82, 2.24) is 16.0 Å². The van der Waals surface area contributed by atoms with E-state index in [4.69, 9.17) is 26.3 Å². The summed E-state index contributed by atoms with van der Waals surface area (Å²) in [6.07, 6.45) is 6.37. The van der Waals surface area contributed by atoms with Crippen molar-refractivity contribution in [3.63, 3.8) is 0 Å². The molecule has 8 nitrogen and oxygen atoms in total. The molecule has 1 heterocycles. The maximum absolute atomic E-state index is 13.7. The summed E-state index contributed by atoms with van der Waals surface area (Å²) in [5, 5.41) is 17.8. The molecular weight excluding hydrogens is 463 g/mol. The minimum Gasteiger partial charge on any atom is -0.368 e. The van der Waals surface area contributed by atoms with Gasteiger partial charge in [0, 0.05) is 30.5 Å². The molecule has 190 valence electrons. The molecular formula is C24H36ClFN4O4. The van der Waals surface area contributed by atoms with E-state index in [0.717, 1.165) is 38.6 Å². The highest BCUT2D eigenvalue weighted by Crippen LogP contribution is 2.55. The Labute approximate surface area is 205 Å². The van der Waals surface area contributed by atoms with Gasteiger partial charge in [-0.3, -0.25) is 14.9 Å². The zero-order valence-electron chi connectivity index (χ0n) is 19.6. The fourth-order valence-electron chi connectivity index (χ4n) is 6.15. The fraction of sp³-hybridized carbons (Fsp3) is 0.875. The predicted molar refractivity (Wildman–Crippen MR) is 124 cm³/mol. The Morgan fingerprint density at radius 3 is 2.32 bits per heavy atom. The number of alkyl halides is 2. The largest absolute Gasteiger partial charge is 0.368 e. The molecule has 4 aliphatic carbocycles. The van der Waals surface area contributed by atoms with Crippen molar-refractivity contribution < 1.29 is 23.5 Å². The van der Waals surface area contributed by atoms with Crippen LogP contribution in [0.1, 0.15) is 70.6 Å². The van der Waals surface area contributed by atoms with Crippen LogP contribution < -0.4 is 16.0 Å². The number of ether oxygens (including phenoxy) is 2. The fourth-order valence-corrected chi connectivity index (χ4v) is 6.38. The lowest BCUT2D eigenvalue weighted by atomic mass is 9.71. The van der Waals surface area contributed by atoms with E-state index in [0.29, 0.717) is 38.0 Å². The zero-order chi connectivity index (χ0) is 24.2. The first-order chi connectivity index (χ1) is 16.3. The summed E-state index contributed by atoms with van der Waals surface area (Å²) in [6.45, 7) is 0.743. The predicted octanol–water partition coefficient (Wildman–Crippen LogP) is 2.44. The lowest BCUT2D eigenvalue weighted by Gasteiger charge is -2.48. The molecule has 0 aromatic heterocycles. The number of hydrogen-bond acceptors (Lipinski definition) is 6.